The summed E-state index contributed by atoms with van der Waals surface area (Å²) in [4.78, 5) is 0. The third kappa shape index (κ3) is 2.10. The van der Waals surface area contributed by atoms with Crippen molar-refractivity contribution in [2.75, 3.05) is 0 Å². The molecule has 0 aliphatic rings. The Morgan fingerprint density at radius 2 is 0.931 bits per heavy atom. The zero-order valence-electron chi connectivity index (χ0n) is 15.6. The molecule has 1 heteroatoms. The van der Waals surface area contributed by atoms with Gasteiger partial charge in [-0.25, -0.2) is 0 Å². The zero-order valence-corrected chi connectivity index (χ0v) is 15.6. The molecule has 0 N–H and O–H groups in total. The van der Waals surface area contributed by atoms with Gasteiger partial charge in [-0.1, -0.05) is 60.7 Å². The molecule has 6 aromatic carbocycles. The van der Waals surface area contributed by atoms with Crippen molar-refractivity contribution >= 4 is 65.0 Å². The van der Waals surface area contributed by atoms with Crippen molar-refractivity contribution in [3.05, 3.63) is 97.1 Å². The molecule has 0 saturated carbocycles. The third-order valence-corrected chi connectivity index (χ3v) is 6.16. The first-order chi connectivity index (χ1) is 14.3. The molecular weight excluding hydrogens is 352 g/mol. The Morgan fingerprint density at radius 3 is 1.72 bits per heavy atom. The molecule has 0 radical (unpaired) electrons. The van der Waals surface area contributed by atoms with Crippen LogP contribution in [-0.4, -0.2) is 0 Å². The standard InChI is InChI=1S/C28H16O/c1-2-7-19-12-22-15-27-26(14-21(22)11-18(19)6-1)25-13-20-10-9-17-5-3-4-8-23(17)24(20)16-28(25)29-27/h1-16H. The Labute approximate surface area is 166 Å². The maximum absolute atomic E-state index is 6.33. The highest BCUT2D eigenvalue weighted by Crippen LogP contribution is 2.37. The van der Waals surface area contributed by atoms with Gasteiger partial charge in [0.05, 0.1) is 0 Å². The van der Waals surface area contributed by atoms with E-state index < -0.39 is 0 Å². The summed E-state index contributed by atoms with van der Waals surface area (Å²) in [5.74, 6) is 0. The van der Waals surface area contributed by atoms with Crippen LogP contribution in [0, 0.1) is 0 Å². The molecule has 0 unspecified atom stereocenters. The van der Waals surface area contributed by atoms with E-state index in [9.17, 15) is 0 Å². The van der Waals surface area contributed by atoms with Gasteiger partial charge in [0.1, 0.15) is 11.2 Å². The van der Waals surface area contributed by atoms with Gasteiger partial charge in [-0.2, -0.15) is 0 Å². The second-order valence-corrected chi connectivity index (χ2v) is 7.85. The Kier molecular flexibility index (Phi) is 2.80. The first kappa shape index (κ1) is 15.1. The fraction of sp³-hybridized carbons (Fsp3) is 0. The Bertz CT molecular complexity index is 1740. The third-order valence-electron chi connectivity index (χ3n) is 6.16. The van der Waals surface area contributed by atoms with Gasteiger partial charge < -0.3 is 4.42 Å². The molecule has 0 amide bonds. The van der Waals surface area contributed by atoms with Crippen molar-refractivity contribution in [3.63, 3.8) is 0 Å². The molecule has 1 nitrogen and oxygen atoms in total. The lowest BCUT2D eigenvalue weighted by Crippen LogP contribution is -1.78. The van der Waals surface area contributed by atoms with Gasteiger partial charge in [0.25, 0.3) is 0 Å². The lowest BCUT2D eigenvalue weighted by molar-refractivity contribution is 0.670. The van der Waals surface area contributed by atoms with Gasteiger partial charge >= 0.3 is 0 Å². The smallest absolute Gasteiger partial charge is 0.136 e. The Hall–Kier alpha value is -3.84. The minimum absolute atomic E-state index is 0.947. The van der Waals surface area contributed by atoms with Crippen LogP contribution in [0.1, 0.15) is 0 Å². The molecule has 0 atom stereocenters. The predicted octanol–water partition coefficient (Wildman–Crippen LogP) is 8.20. The highest BCUT2D eigenvalue weighted by atomic mass is 16.3. The van der Waals surface area contributed by atoms with Crippen LogP contribution in [0.15, 0.2) is 101 Å². The van der Waals surface area contributed by atoms with E-state index in [0.717, 1.165) is 11.2 Å². The molecule has 7 aromatic rings. The lowest BCUT2D eigenvalue weighted by atomic mass is 9.98. The number of rotatable bonds is 0. The van der Waals surface area contributed by atoms with Gasteiger partial charge in [-0.3, -0.25) is 0 Å². The van der Waals surface area contributed by atoms with E-state index in [4.69, 9.17) is 4.42 Å². The molecule has 0 saturated heterocycles. The number of hydrogen-bond acceptors (Lipinski definition) is 1. The van der Waals surface area contributed by atoms with Crippen LogP contribution in [0.5, 0.6) is 0 Å². The fourth-order valence-electron chi connectivity index (χ4n) is 4.71. The highest BCUT2D eigenvalue weighted by Gasteiger charge is 2.11. The first-order valence-corrected chi connectivity index (χ1v) is 9.94. The molecule has 0 aliphatic heterocycles. The molecule has 1 aromatic heterocycles. The van der Waals surface area contributed by atoms with Crippen molar-refractivity contribution in [1.29, 1.82) is 0 Å². The van der Waals surface area contributed by atoms with E-state index in [1.165, 1.54) is 53.9 Å². The van der Waals surface area contributed by atoms with Crippen molar-refractivity contribution in [3.8, 4) is 0 Å². The van der Waals surface area contributed by atoms with E-state index in [-0.39, 0.29) is 0 Å². The molecule has 0 bridgehead atoms. The lowest BCUT2D eigenvalue weighted by Gasteiger charge is -2.04. The van der Waals surface area contributed by atoms with Crippen molar-refractivity contribution in [2.45, 2.75) is 0 Å². The summed E-state index contributed by atoms with van der Waals surface area (Å²) < 4.78 is 6.33. The van der Waals surface area contributed by atoms with Crippen LogP contribution in [0.3, 0.4) is 0 Å². The van der Waals surface area contributed by atoms with E-state index >= 15 is 0 Å². The van der Waals surface area contributed by atoms with Gasteiger partial charge in [0.2, 0.25) is 0 Å². The molecule has 134 valence electrons. The predicted molar refractivity (Wildman–Crippen MR) is 124 cm³/mol. The minimum Gasteiger partial charge on any atom is -0.456 e. The van der Waals surface area contributed by atoms with E-state index in [1.54, 1.807) is 0 Å². The van der Waals surface area contributed by atoms with Crippen LogP contribution in [0.4, 0.5) is 0 Å². The Balaban J connectivity index is 1.61. The summed E-state index contributed by atoms with van der Waals surface area (Å²) in [6.07, 6.45) is 0. The van der Waals surface area contributed by atoms with Gasteiger partial charge in [-0.15, -0.1) is 0 Å². The summed E-state index contributed by atoms with van der Waals surface area (Å²) >= 11 is 0. The Morgan fingerprint density at radius 1 is 0.345 bits per heavy atom. The second-order valence-electron chi connectivity index (χ2n) is 7.85. The summed E-state index contributed by atoms with van der Waals surface area (Å²) in [6, 6.07) is 34.9. The highest BCUT2D eigenvalue weighted by molar-refractivity contribution is 6.18. The minimum atomic E-state index is 0.947. The maximum atomic E-state index is 6.33. The van der Waals surface area contributed by atoms with Crippen molar-refractivity contribution in [2.24, 2.45) is 0 Å². The fourth-order valence-corrected chi connectivity index (χ4v) is 4.71. The van der Waals surface area contributed by atoms with E-state index in [1.807, 2.05) is 0 Å². The van der Waals surface area contributed by atoms with Crippen LogP contribution >= 0.6 is 0 Å². The average Bonchev–Trinajstić information content (AvgIpc) is 3.10. The normalized spacial score (nSPS) is 12.1. The van der Waals surface area contributed by atoms with Gasteiger partial charge in [0.15, 0.2) is 0 Å². The van der Waals surface area contributed by atoms with Crippen LogP contribution < -0.4 is 0 Å². The monoisotopic (exact) mass is 368 g/mol. The molecule has 0 spiro atoms. The summed E-state index contributed by atoms with van der Waals surface area (Å²) in [7, 11) is 0. The first-order valence-electron chi connectivity index (χ1n) is 9.94. The molecule has 1 heterocycles. The second kappa shape index (κ2) is 5.36. The van der Waals surface area contributed by atoms with E-state index in [2.05, 4.69) is 97.1 Å². The number of hydrogen-bond donors (Lipinski definition) is 0. The van der Waals surface area contributed by atoms with Gasteiger partial charge in [-0.05, 0) is 79.5 Å². The largest absolute Gasteiger partial charge is 0.456 e. The maximum Gasteiger partial charge on any atom is 0.136 e. The van der Waals surface area contributed by atoms with Crippen LogP contribution in [-0.2, 0) is 0 Å². The number of fused-ring (bicyclic) bond motifs is 8. The molecule has 7 rings (SSSR count). The average molecular weight is 368 g/mol. The zero-order chi connectivity index (χ0) is 18.9. The SMILES string of the molecule is c1ccc2cc3cc4c(cc3cc2c1)oc1cc2c(ccc3ccccc32)cc14. The van der Waals surface area contributed by atoms with Crippen LogP contribution in [0.2, 0.25) is 0 Å². The number of furan rings is 1. The molecular formula is C28H16O. The topological polar surface area (TPSA) is 13.1 Å². The van der Waals surface area contributed by atoms with Crippen molar-refractivity contribution in [1.82, 2.24) is 0 Å². The quantitative estimate of drug-likeness (QED) is 0.194. The van der Waals surface area contributed by atoms with E-state index in [0.29, 0.717) is 0 Å². The van der Waals surface area contributed by atoms with Gasteiger partial charge in [0, 0.05) is 10.8 Å². The van der Waals surface area contributed by atoms with Crippen molar-refractivity contribution < 1.29 is 4.42 Å². The molecule has 0 aliphatic carbocycles. The van der Waals surface area contributed by atoms with Crippen LogP contribution in [0.25, 0.3) is 65.0 Å². The summed E-state index contributed by atoms with van der Waals surface area (Å²) in [6.45, 7) is 0. The molecule has 29 heavy (non-hydrogen) atoms. The summed E-state index contributed by atoms with van der Waals surface area (Å²) in [5.41, 5.74) is 1.89. The molecule has 0 fully saturated rings. The summed E-state index contributed by atoms with van der Waals surface area (Å²) in [5, 5.41) is 12.4. The number of benzene rings is 6.